The molecule has 0 radical (unpaired) electrons. The lowest BCUT2D eigenvalue weighted by Crippen LogP contribution is -2.41. The molecule has 3 fully saturated rings. The van der Waals surface area contributed by atoms with E-state index in [9.17, 15) is 14.7 Å². The van der Waals surface area contributed by atoms with E-state index in [0.717, 1.165) is 30.8 Å². The summed E-state index contributed by atoms with van der Waals surface area (Å²) in [5.74, 6) is 0.245. The number of hydrogen-bond acceptors (Lipinski definition) is 5. The number of hydrogen-bond donors (Lipinski definition) is 1. The van der Waals surface area contributed by atoms with E-state index in [1.165, 1.54) is 0 Å². The highest BCUT2D eigenvalue weighted by Crippen LogP contribution is 2.45. The number of amides is 1. The van der Waals surface area contributed by atoms with Gasteiger partial charge >= 0.3 is 5.97 Å². The smallest absolute Gasteiger partial charge is 0.313 e. The third-order valence-electron chi connectivity index (χ3n) is 5.97. The fraction of sp³-hybridized carbons (Fsp3) is 0.632. The van der Waals surface area contributed by atoms with Crippen LogP contribution in [0.2, 0.25) is 0 Å². The zero-order valence-corrected chi connectivity index (χ0v) is 15.4. The SMILES string of the molecule is CN(C)c1ccc(CN2C[C@H]3C(=O)N(CC4CC4)C[C@@]3(C(=O)O)C2)cn1. The van der Waals surface area contributed by atoms with Crippen LogP contribution in [0.4, 0.5) is 5.82 Å². The molecule has 3 aliphatic rings. The van der Waals surface area contributed by atoms with E-state index < -0.39 is 17.3 Å². The Kier molecular flexibility index (Phi) is 4.14. The van der Waals surface area contributed by atoms with Gasteiger partial charge in [-0.2, -0.15) is 0 Å². The van der Waals surface area contributed by atoms with Gasteiger partial charge in [0.1, 0.15) is 11.2 Å². The molecule has 7 nitrogen and oxygen atoms in total. The van der Waals surface area contributed by atoms with Crippen LogP contribution >= 0.6 is 0 Å². The van der Waals surface area contributed by atoms with E-state index in [0.29, 0.717) is 32.1 Å². The van der Waals surface area contributed by atoms with Crippen molar-refractivity contribution in [1.82, 2.24) is 14.8 Å². The largest absolute Gasteiger partial charge is 0.481 e. The van der Waals surface area contributed by atoms with Crippen molar-refractivity contribution >= 4 is 17.7 Å². The quantitative estimate of drug-likeness (QED) is 0.814. The number of nitrogens with zero attached hydrogens (tertiary/aromatic N) is 4. The van der Waals surface area contributed by atoms with Gasteiger partial charge < -0.3 is 14.9 Å². The first-order valence-corrected chi connectivity index (χ1v) is 9.26. The molecule has 0 spiro atoms. The number of likely N-dealkylation sites (tertiary alicyclic amines) is 2. The molecular weight excluding hydrogens is 332 g/mol. The number of carbonyl (C=O) groups excluding carboxylic acids is 1. The van der Waals surface area contributed by atoms with Crippen molar-refractivity contribution < 1.29 is 14.7 Å². The molecule has 0 aromatic carbocycles. The number of pyridine rings is 1. The lowest BCUT2D eigenvalue weighted by Gasteiger charge is -2.25. The van der Waals surface area contributed by atoms with Gasteiger partial charge in [-0.25, -0.2) is 4.98 Å². The van der Waals surface area contributed by atoms with E-state index in [2.05, 4.69) is 9.88 Å². The number of anilines is 1. The maximum Gasteiger partial charge on any atom is 0.313 e. The summed E-state index contributed by atoms with van der Waals surface area (Å²) in [6.07, 6.45) is 4.16. The highest BCUT2D eigenvalue weighted by atomic mass is 16.4. The molecule has 1 N–H and O–H groups in total. The summed E-state index contributed by atoms with van der Waals surface area (Å²) in [6, 6.07) is 3.98. The van der Waals surface area contributed by atoms with Gasteiger partial charge in [0.25, 0.3) is 0 Å². The molecule has 1 saturated carbocycles. The van der Waals surface area contributed by atoms with Crippen LogP contribution in [-0.2, 0) is 16.1 Å². The summed E-state index contributed by atoms with van der Waals surface area (Å²) in [4.78, 5) is 35.1. The fourth-order valence-corrected chi connectivity index (χ4v) is 4.32. The van der Waals surface area contributed by atoms with Crippen molar-refractivity contribution in [3.05, 3.63) is 23.9 Å². The number of carboxylic acids is 1. The van der Waals surface area contributed by atoms with E-state index in [1.54, 1.807) is 4.90 Å². The van der Waals surface area contributed by atoms with Crippen molar-refractivity contribution in [3.8, 4) is 0 Å². The summed E-state index contributed by atoms with van der Waals surface area (Å²) in [6.45, 7) is 2.66. The third kappa shape index (κ3) is 2.94. The Morgan fingerprint density at radius 2 is 2.12 bits per heavy atom. The lowest BCUT2D eigenvalue weighted by atomic mass is 9.81. The molecule has 2 atom stereocenters. The van der Waals surface area contributed by atoms with Gasteiger partial charge in [0.05, 0.1) is 5.92 Å². The molecular formula is C19H26N4O3. The molecule has 4 rings (SSSR count). The van der Waals surface area contributed by atoms with Gasteiger partial charge in [0, 0.05) is 53.0 Å². The Hall–Kier alpha value is -2.15. The zero-order chi connectivity index (χ0) is 18.5. The molecule has 1 aliphatic carbocycles. The number of fused-ring (bicyclic) bond motifs is 1. The van der Waals surface area contributed by atoms with Gasteiger partial charge in [-0.1, -0.05) is 6.07 Å². The van der Waals surface area contributed by atoms with Crippen LogP contribution in [-0.4, -0.2) is 72.0 Å². The molecule has 1 aromatic rings. The van der Waals surface area contributed by atoms with E-state index in [4.69, 9.17) is 0 Å². The number of rotatable bonds is 6. The van der Waals surface area contributed by atoms with Crippen molar-refractivity contribution in [2.75, 3.05) is 45.2 Å². The lowest BCUT2D eigenvalue weighted by molar-refractivity contribution is -0.149. The van der Waals surface area contributed by atoms with Gasteiger partial charge in [0.15, 0.2) is 0 Å². The molecule has 1 amide bonds. The number of carboxylic acid groups (broad SMARTS) is 1. The standard InChI is InChI=1S/C19H26N4O3/c1-21(2)16-6-5-14(7-20-16)8-22-10-15-17(24)23(9-13-3-4-13)12-19(15,11-22)18(25)26/h5-7,13,15H,3-4,8-12H2,1-2H3,(H,25,26)/t15-,19-/m0/s1. The molecule has 140 valence electrons. The Balaban J connectivity index is 1.47. The minimum atomic E-state index is -0.955. The van der Waals surface area contributed by atoms with Crippen LogP contribution in [0.5, 0.6) is 0 Å². The van der Waals surface area contributed by atoms with Crippen molar-refractivity contribution in [1.29, 1.82) is 0 Å². The van der Waals surface area contributed by atoms with Crippen LogP contribution in [0.25, 0.3) is 0 Å². The molecule has 2 saturated heterocycles. The summed E-state index contributed by atoms with van der Waals surface area (Å²) < 4.78 is 0. The topological polar surface area (TPSA) is 77.0 Å². The van der Waals surface area contributed by atoms with Crippen LogP contribution in [0, 0.1) is 17.3 Å². The Morgan fingerprint density at radius 1 is 1.35 bits per heavy atom. The first-order chi connectivity index (χ1) is 12.4. The number of aliphatic carboxylic acids is 1. The van der Waals surface area contributed by atoms with Crippen LogP contribution in [0.3, 0.4) is 0 Å². The third-order valence-corrected chi connectivity index (χ3v) is 5.97. The maximum absolute atomic E-state index is 12.8. The van der Waals surface area contributed by atoms with Crippen LogP contribution in [0.1, 0.15) is 18.4 Å². The van der Waals surface area contributed by atoms with E-state index in [-0.39, 0.29) is 5.91 Å². The summed E-state index contributed by atoms with van der Waals surface area (Å²) in [7, 11) is 3.89. The van der Waals surface area contributed by atoms with Crippen molar-refractivity contribution in [2.24, 2.45) is 17.3 Å². The van der Waals surface area contributed by atoms with Gasteiger partial charge in [-0.3, -0.25) is 14.5 Å². The second-order valence-corrected chi connectivity index (χ2v) is 8.26. The fourth-order valence-electron chi connectivity index (χ4n) is 4.32. The molecule has 0 unspecified atom stereocenters. The predicted molar refractivity (Wildman–Crippen MR) is 96.7 cm³/mol. The average molecular weight is 358 g/mol. The van der Waals surface area contributed by atoms with Gasteiger partial charge in [-0.15, -0.1) is 0 Å². The van der Waals surface area contributed by atoms with Gasteiger partial charge in [0.2, 0.25) is 5.91 Å². The summed E-state index contributed by atoms with van der Waals surface area (Å²) in [5, 5.41) is 9.92. The molecule has 1 aromatic heterocycles. The molecule has 3 heterocycles. The molecule has 26 heavy (non-hydrogen) atoms. The first-order valence-electron chi connectivity index (χ1n) is 9.26. The normalized spacial score (nSPS) is 28.5. The van der Waals surface area contributed by atoms with Crippen LogP contribution in [0.15, 0.2) is 18.3 Å². The van der Waals surface area contributed by atoms with Gasteiger partial charge in [-0.05, 0) is 30.4 Å². The van der Waals surface area contributed by atoms with E-state index >= 15 is 0 Å². The summed E-state index contributed by atoms with van der Waals surface area (Å²) in [5.41, 5.74) is 0.0848. The highest BCUT2D eigenvalue weighted by Gasteiger charge is 2.62. The minimum absolute atomic E-state index is 0.0304. The second kappa shape index (κ2) is 6.23. The first kappa shape index (κ1) is 17.3. The Bertz CT molecular complexity index is 716. The minimum Gasteiger partial charge on any atom is -0.481 e. The zero-order valence-electron chi connectivity index (χ0n) is 15.4. The maximum atomic E-state index is 12.8. The average Bonchev–Trinajstić information content (AvgIpc) is 3.28. The summed E-state index contributed by atoms with van der Waals surface area (Å²) >= 11 is 0. The highest BCUT2D eigenvalue weighted by molar-refractivity contribution is 5.92. The number of aromatic nitrogens is 1. The second-order valence-electron chi connectivity index (χ2n) is 8.26. The van der Waals surface area contributed by atoms with Crippen LogP contribution < -0.4 is 4.90 Å². The van der Waals surface area contributed by atoms with Crippen molar-refractivity contribution in [2.45, 2.75) is 19.4 Å². The molecule has 7 heteroatoms. The van der Waals surface area contributed by atoms with E-state index in [1.807, 2.05) is 37.3 Å². The predicted octanol–water partition coefficient (Wildman–Crippen LogP) is 0.903. The Labute approximate surface area is 153 Å². The number of carbonyl (C=O) groups is 2. The molecule has 0 bridgehead atoms. The van der Waals surface area contributed by atoms with Crippen molar-refractivity contribution in [3.63, 3.8) is 0 Å². The Morgan fingerprint density at radius 3 is 2.65 bits per heavy atom. The molecule has 2 aliphatic heterocycles. The monoisotopic (exact) mass is 358 g/mol.